The molecular formula is C9H12N4O2. The van der Waals surface area contributed by atoms with Gasteiger partial charge in [0.2, 0.25) is 0 Å². The molecule has 0 saturated carbocycles. The van der Waals surface area contributed by atoms with Gasteiger partial charge in [-0.25, -0.2) is 10.9 Å². The van der Waals surface area contributed by atoms with Crippen molar-refractivity contribution in [1.82, 2.24) is 21.4 Å². The van der Waals surface area contributed by atoms with Crippen molar-refractivity contribution in [2.24, 2.45) is 0 Å². The summed E-state index contributed by atoms with van der Waals surface area (Å²) in [6.45, 7) is 0. The molecule has 80 valence electrons. The van der Waals surface area contributed by atoms with Crippen LogP contribution in [0.3, 0.4) is 0 Å². The van der Waals surface area contributed by atoms with E-state index in [-0.39, 0.29) is 12.0 Å². The van der Waals surface area contributed by atoms with E-state index < -0.39 is 6.04 Å². The molecule has 0 spiro atoms. The zero-order chi connectivity index (χ0) is 10.7. The maximum atomic E-state index is 11.4. The van der Waals surface area contributed by atoms with Crippen LogP contribution in [0.1, 0.15) is 11.6 Å². The first-order valence-electron chi connectivity index (χ1n) is 4.56. The first-order valence-corrected chi connectivity index (χ1v) is 4.56. The van der Waals surface area contributed by atoms with E-state index >= 15 is 0 Å². The third kappa shape index (κ3) is 1.96. The van der Waals surface area contributed by atoms with Gasteiger partial charge in [0.25, 0.3) is 0 Å². The third-order valence-corrected chi connectivity index (χ3v) is 2.29. The molecule has 1 saturated heterocycles. The highest BCUT2D eigenvalue weighted by atomic mass is 16.5. The Balaban J connectivity index is 2.18. The molecule has 2 atom stereocenters. The second kappa shape index (κ2) is 4.35. The molecule has 1 fully saturated rings. The van der Waals surface area contributed by atoms with Crippen LogP contribution < -0.4 is 16.4 Å². The van der Waals surface area contributed by atoms with Gasteiger partial charge in [0, 0.05) is 12.4 Å². The van der Waals surface area contributed by atoms with Crippen molar-refractivity contribution >= 4 is 5.97 Å². The van der Waals surface area contributed by atoms with E-state index in [0.29, 0.717) is 0 Å². The van der Waals surface area contributed by atoms with Crippen molar-refractivity contribution in [3.05, 3.63) is 30.1 Å². The fraction of sp³-hybridized carbons (Fsp3) is 0.333. The highest BCUT2D eigenvalue weighted by molar-refractivity contribution is 5.77. The molecule has 1 aromatic rings. The van der Waals surface area contributed by atoms with Crippen LogP contribution in [0.4, 0.5) is 0 Å². The van der Waals surface area contributed by atoms with E-state index in [2.05, 4.69) is 26.1 Å². The molecular weight excluding hydrogens is 196 g/mol. The van der Waals surface area contributed by atoms with Crippen molar-refractivity contribution in [2.45, 2.75) is 12.1 Å². The quantitative estimate of drug-likeness (QED) is 0.557. The first kappa shape index (κ1) is 10.0. The highest BCUT2D eigenvalue weighted by Gasteiger charge is 2.34. The number of aromatic nitrogens is 1. The van der Waals surface area contributed by atoms with Gasteiger partial charge < -0.3 is 4.74 Å². The number of rotatable bonds is 2. The number of pyridine rings is 1. The summed E-state index contributed by atoms with van der Waals surface area (Å²) in [5.41, 5.74) is 9.36. The van der Waals surface area contributed by atoms with Gasteiger partial charge in [-0.15, -0.1) is 0 Å². The van der Waals surface area contributed by atoms with Crippen molar-refractivity contribution in [3.8, 4) is 0 Å². The highest BCUT2D eigenvalue weighted by Crippen LogP contribution is 2.18. The number of methoxy groups -OCH3 is 1. The number of hydrogen-bond donors (Lipinski definition) is 3. The lowest BCUT2D eigenvalue weighted by atomic mass is 10.0. The Morgan fingerprint density at radius 2 is 2.40 bits per heavy atom. The summed E-state index contributed by atoms with van der Waals surface area (Å²) in [7, 11) is 1.36. The Kier molecular flexibility index (Phi) is 2.91. The number of esters is 1. The van der Waals surface area contributed by atoms with Crippen LogP contribution in [-0.2, 0) is 9.53 Å². The second-order valence-corrected chi connectivity index (χ2v) is 3.18. The zero-order valence-corrected chi connectivity index (χ0v) is 8.23. The minimum Gasteiger partial charge on any atom is -0.468 e. The van der Waals surface area contributed by atoms with Crippen molar-refractivity contribution in [2.75, 3.05) is 7.11 Å². The molecule has 15 heavy (non-hydrogen) atoms. The van der Waals surface area contributed by atoms with Crippen molar-refractivity contribution in [3.63, 3.8) is 0 Å². The van der Waals surface area contributed by atoms with E-state index in [1.165, 1.54) is 7.11 Å². The Morgan fingerprint density at radius 1 is 1.53 bits per heavy atom. The van der Waals surface area contributed by atoms with Crippen LogP contribution in [0.25, 0.3) is 0 Å². The lowest BCUT2D eigenvalue weighted by molar-refractivity contribution is -0.143. The first-order chi connectivity index (χ1) is 7.33. The maximum Gasteiger partial charge on any atom is 0.326 e. The van der Waals surface area contributed by atoms with Crippen LogP contribution in [0.2, 0.25) is 0 Å². The fourth-order valence-corrected chi connectivity index (χ4v) is 1.52. The van der Waals surface area contributed by atoms with Gasteiger partial charge in [0.05, 0.1) is 13.2 Å². The van der Waals surface area contributed by atoms with Gasteiger partial charge in [0.1, 0.15) is 6.04 Å². The van der Waals surface area contributed by atoms with Crippen LogP contribution >= 0.6 is 0 Å². The molecule has 2 rings (SSSR count). The van der Waals surface area contributed by atoms with Gasteiger partial charge in [0.15, 0.2) is 0 Å². The van der Waals surface area contributed by atoms with Gasteiger partial charge in [-0.3, -0.25) is 9.78 Å². The molecule has 6 heteroatoms. The molecule has 2 unspecified atom stereocenters. The molecule has 0 aliphatic carbocycles. The number of hydrazine groups is 2. The van der Waals surface area contributed by atoms with Gasteiger partial charge >= 0.3 is 5.97 Å². The van der Waals surface area contributed by atoms with E-state index in [9.17, 15) is 4.79 Å². The topological polar surface area (TPSA) is 75.3 Å². The van der Waals surface area contributed by atoms with Crippen LogP contribution in [0.5, 0.6) is 0 Å². The number of hydrogen-bond acceptors (Lipinski definition) is 6. The predicted molar refractivity (Wildman–Crippen MR) is 52.2 cm³/mol. The average Bonchev–Trinajstić information content (AvgIpc) is 2.78. The lowest BCUT2D eigenvalue weighted by Gasteiger charge is -2.15. The van der Waals surface area contributed by atoms with Crippen LogP contribution in [0.15, 0.2) is 24.5 Å². The van der Waals surface area contributed by atoms with E-state index in [4.69, 9.17) is 0 Å². The molecule has 3 N–H and O–H groups in total. The molecule has 0 radical (unpaired) electrons. The Labute approximate surface area is 87.0 Å². The summed E-state index contributed by atoms with van der Waals surface area (Å²) < 4.78 is 4.68. The average molecular weight is 208 g/mol. The molecule has 0 bridgehead atoms. The smallest absolute Gasteiger partial charge is 0.326 e. The predicted octanol–water partition coefficient (Wildman–Crippen LogP) is -0.723. The zero-order valence-electron chi connectivity index (χ0n) is 8.23. The van der Waals surface area contributed by atoms with Crippen LogP contribution in [0, 0.1) is 0 Å². The van der Waals surface area contributed by atoms with E-state index in [1.54, 1.807) is 12.4 Å². The number of carbonyl (C=O) groups excluding carboxylic acids is 1. The largest absolute Gasteiger partial charge is 0.468 e. The number of carbonyl (C=O) groups is 1. The minimum atomic E-state index is -0.445. The molecule has 0 aromatic carbocycles. The van der Waals surface area contributed by atoms with E-state index in [0.717, 1.165) is 5.56 Å². The maximum absolute atomic E-state index is 11.4. The Morgan fingerprint density at radius 3 is 3.07 bits per heavy atom. The summed E-state index contributed by atoms with van der Waals surface area (Å²) in [5, 5.41) is 0. The molecule has 0 amide bonds. The molecule has 1 aromatic heterocycles. The SMILES string of the molecule is COC(=O)C1NNNC1c1cccnc1. The summed E-state index contributed by atoms with van der Waals surface area (Å²) >= 11 is 0. The molecule has 1 aliphatic rings. The molecule has 1 aliphatic heterocycles. The minimum absolute atomic E-state index is 0.175. The lowest BCUT2D eigenvalue weighted by Crippen LogP contribution is -2.39. The summed E-state index contributed by atoms with van der Waals surface area (Å²) in [6, 6.07) is 3.10. The van der Waals surface area contributed by atoms with Gasteiger partial charge in [-0.2, -0.15) is 5.53 Å². The standard InChI is InChI=1S/C9H12N4O2/c1-15-9(14)8-7(11-13-12-8)6-3-2-4-10-5-6/h2-5,7-8,11-13H,1H3. The third-order valence-electron chi connectivity index (χ3n) is 2.29. The second-order valence-electron chi connectivity index (χ2n) is 3.18. The van der Waals surface area contributed by atoms with Gasteiger partial charge in [-0.1, -0.05) is 6.07 Å². The number of ether oxygens (including phenoxy) is 1. The fourth-order valence-electron chi connectivity index (χ4n) is 1.52. The molecule has 6 nitrogen and oxygen atoms in total. The summed E-state index contributed by atoms with van der Waals surface area (Å²) in [4.78, 5) is 15.4. The molecule has 2 heterocycles. The monoisotopic (exact) mass is 208 g/mol. The van der Waals surface area contributed by atoms with Crippen molar-refractivity contribution < 1.29 is 9.53 Å². The van der Waals surface area contributed by atoms with Gasteiger partial charge in [-0.05, 0) is 11.6 Å². The number of nitrogens with one attached hydrogen (secondary N) is 3. The van der Waals surface area contributed by atoms with E-state index in [1.807, 2.05) is 12.1 Å². The normalized spacial score (nSPS) is 25.1. The number of nitrogens with zero attached hydrogens (tertiary/aromatic N) is 1. The Hall–Kier alpha value is -1.50. The Bertz CT molecular complexity index is 343. The summed E-state index contributed by atoms with van der Waals surface area (Å²) in [6.07, 6.45) is 3.40. The van der Waals surface area contributed by atoms with Crippen molar-refractivity contribution in [1.29, 1.82) is 0 Å². The van der Waals surface area contributed by atoms with Crippen LogP contribution in [-0.4, -0.2) is 24.1 Å². The summed E-state index contributed by atoms with van der Waals surface area (Å²) in [5.74, 6) is -0.318.